The molecule has 0 bridgehead atoms. The van der Waals surface area contributed by atoms with Gasteiger partial charge in [-0.05, 0) is 61.0 Å². The quantitative estimate of drug-likeness (QED) is 0.643. The number of hydrogen-bond donors (Lipinski definition) is 1. The van der Waals surface area contributed by atoms with Gasteiger partial charge in [-0.1, -0.05) is 12.2 Å². The molecule has 0 unspecified atom stereocenters. The van der Waals surface area contributed by atoms with Crippen LogP contribution >= 0.6 is 12.2 Å². The molecule has 1 N–H and O–H groups in total. The summed E-state index contributed by atoms with van der Waals surface area (Å²) < 4.78 is 0.834. The zero-order valence-corrected chi connectivity index (χ0v) is 9.46. The van der Waals surface area contributed by atoms with E-state index in [4.69, 9.17) is 12.2 Å². The van der Waals surface area contributed by atoms with E-state index in [0.29, 0.717) is 0 Å². The van der Waals surface area contributed by atoms with Crippen molar-refractivity contribution in [3.63, 3.8) is 0 Å². The van der Waals surface area contributed by atoms with Gasteiger partial charge in [-0.2, -0.15) is 0 Å². The lowest BCUT2D eigenvalue weighted by atomic mass is 10.1. The second-order valence-electron chi connectivity index (χ2n) is 3.81. The number of nitrogens with one attached hydrogen (secondary N) is 1. The maximum atomic E-state index is 5.20. The molecule has 1 aromatic heterocycles. The fraction of sp³-hybridized carbons (Fsp3) is 0.250. The third kappa shape index (κ3) is 1.46. The van der Waals surface area contributed by atoms with Crippen molar-refractivity contribution in [2.75, 3.05) is 0 Å². The lowest BCUT2D eigenvalue weighted by Gasteiger charge is -2.05. The molecule has 2 aromatic rings. The number of benzene rings is 1. The first-order valence-corrected chi connectivity index (χ1v) is 5.09. The molecular formula is C12H13NS. The Morgan fingerprint density at radius 2 is 1.50 bits per heavy atom. The van der Waals surface area contributed by atoms with Crippen LogP contribution in [0.5, 0.6) is 0 Å². The summed E-state index contributed by atoms with van der Waals surface area (Å²) in [6, 6.07) is 6.49. The van der Waals surface area contributed by atoms with Crippen LogP contribution in [0.1, 0.15) is 16.7 Å². The van der Waals surface area contributed by atoms with Crippen LogP contribution in [-0.2, 0) is 0 Å². The molecule has 0 radical (unpaired) electrons. The fourth-order valence-corrected chi connectivity index (χ4v) is 1.75. The Morgan fingerprint density at radius 3 is 2.21 bits per heavy atom. The van der Waals surface area contributed by atoms with Gasteiger partial charge in [-0.25, -0.2) is 0 Å². The second-order valence-corrected chi connectivity index (χ2v) is 4.21. The summed E-state index contributed by atoms with van der Waals surface area (Å²) in [5, 5.41) is 1.24. The van der Waals surface area contributed by atoms with E-state index in [2.05, 4.69) is 37.0 Å². The lowest BCUT2D eigenvalue weighted by Crippen LogP contribution is -1.87. The summed E-state index contributed by atoms with van der Waals surface area (Å²) in [7, 11) is 0. The Labute approximate surface area is 88.8 Å². The van der Waals surface area contributed by atoms with Crippen molar-refractivity contribution >= 4 is 23.1 Å². The Hall–Kier alpha value is -1.15. The highest BCUT2D eigenvalue weighted by molar-refractivity contribution is 7.71. The van der Waals surface area contributed by atoms with Crippen molar-refractivity contribution in [2.24, 2.45) is 0 Å². The summed E-state index contributed by atoms with van der Waals surface area (Å²) in [5.74, 6) is 0. The SMILES string of the molecule is Cc1cc2cc(C)c(=S)[nH]c2cc1C. The molecule has 0 aliphatic carbocycles. The molecule has 1 aromatic carbocycles. The fourth-order valence-electron chi connectivity index (χ4n) is 1.59. The van der Waals surface area contributed by atoms with Crippen molar-refractivity contribution in [2.45, 2.75) is 20.8 Å². The first-order valence-electron chi connectivity index (χ1n) is 4.69. The van der Waals surface area contributed by atoms with Crippen molar-refractivity contribution in [3.05, 3.63) is 39.5 Å². The van der Waals surface area contributed by atoms with Crippen LogP contribution in [0.4, 0.5) is 0 Å². The molecule has 0 aliphatic rings. The third-order valence-corrected chi connectivity index (χ3v) is 3.07. The molecule has 0 aliphatic heterocycles. The number of aromatic nitrogens is 1. The number of pyridine rings is 1. The van der Waals surface area contributed by atoms with Crippen LogP contribution in [0.3, 0.4) is 0 Å². The van der Waals surface area contributed by atoms with E-state index in [-0.39, 0.29) is 0 Å². The zero-order valence-electron chi connectivity index (χ0n) is 8.64. The zero-order chi connectivity index (χ0) is 10.3. The summed E-state index contributed by atoms with van der Waals surface area (Å²) in [4.78, 5) is 3.24. The van der Waals surface area contributed by atoms with E-state index in [1.165, 1.54) is 16.5 Å². The van der Waals surface area contributed by atoms with Gasteiger partial charge < -0.3 is 4.98 Å². The maximum Gasteiger partial charge on any atom is 0.106 e. The molecule has 2 rings (SSSR count). The lowest BCUT2D eigenvalue weighted by molar-refractivity contribution is 1.28. The van der Waals surface area contributed by atoms with Gasteiger partial charge in [0.2, 0.25) is 0 Å². The molecule has 14 heavy (non-hydrogen) atoms. The predicted molar refractivity (Wildman–Crippen MR) is 63.3 cm³/mol. The summed E-state index contributed by atoms with van der Waals surface area (Å²) in [6.45, 7) is 6.28. The normalized spacial score (nSPS) is 10.8. The molecule has 0 saturated heterocycles. The van der Waals surface area contributed by atoms with Gasteiger partial charge in [0, 0.05) is 5.52 Å². The van der Waals surface area contributed by atoms with Crippen molar-refractivity contribution in [1.82, 2.24) is 4.98 Å². The highest BCUT2D eigenvalue weighted by Crippen LogP contribution is 2.18. The number of aromatic amines is 1. The monoisotopic (exact) mass is 203 g/mol. The number of rotatable bonds is 0. The minimum absolute atomic E-state index is 0.834. The minimum Gasteiger partial charge on any atom is -0.346 e. The summed E-state index contributed by atoms with van der Waals surface area (Å²) in [6.07, 6.45) is 0. The van der Waals surface area contributed by atoms with Gasteiger partial charge in [0.25, 0.3) is 0 Å². The predicted octanol–water partition coefficient (Wildman–Crippen LogP) is 3.82. The van der Waals surface area contributed by atoms with Crippen LogP contribution < -0.4 is 0 Å². The Bertz CT molecular complexity index is 552. The van der Waals surface area contributed by atoms with Crippen LogP contribution in [0.15, 0.2) is 18.2 Å². The summed E-state index contributed by atoms with van der Waals surface area (Å²) in [5.41, 5.74) is 4.88. The van der Waals surface area contributed by atoms with Gasteiger partial charge in [0.1, 0.15) is 4.64 Å². The average Bonchev–Trinajstić information content (AvgIpc) is 2.11. The van der Waals surface area contributed by atoms with Crippen LogP contribution in [-0.4, -0.2) is 4.98 Å². The number of fused-ring (bicyclic) bond motifs is 1. The molecule has 1 heterocycles. The molecule has 2 heteroatoms. The van der Waals surface area contributed by atoms with Crippen LogP contribution in [0.25, 0.3) is 10.9 Å². The molecule has 0 atom stereocenters. The highest BCUT2D eigenvalue weighted by atomic mass is 32.1. The number of hydrogen-bond acceptors (Lipinski definition) is 1. The third-order valence-electron chi connectivity index (χ3n) is 2.64. The van der Waals surface area contributed by atoms with E-state index in [9.17, 15) is 0 Å². The highest BCUT2D eigenvalue weighted by Gasteiger charge is 1.99. The molecule has 0 spiro atoms. The van der Waals surface area contributed by atoms with Gasteiger partial charge in [-0.15, -0.1) is 0 Å². The van der Waals surface area contributed by atoms with Gasteiger partial charge in [-0.3, -0.25) is 0 Å². The van der Waals surface area contributed by atoms with E-state index in [0.717, 1.165) is 15.7 Å². The molecule has 0 fully saturated rings. The first kappa shape index (κ1) is 9.41. The molecule has 72 valence electrons. The first-order chi connectivity index (χ1) is 6.58. The average molecular weight is 203 g/mol. The second kappa shape index (κ2) is 3.21. The minimum atomic E-state index is 0.834. The van der Waals surface area contributed by atoms with E-state index < -0.39 is 0 Å². The van der Waals surface area contributed by atoms with Crippen LogP contribution in [0, 0.1) is 25.4 Å². The molecule has 0 amide bonds. The number of H-pyrrole nitrogens is 1. The molecule has 1 nitrogen and oxygen atoms in total. The Balaban J connectivity index is 2.90. The Kier molecular flexibility index (Phi) is 2.16. The van der Waals surface area contributed by atoms with E-state index in [1.54, 1.807) is 0 Å². The van der Waals surface area contributed by atoms with Crippen molar-refractivity contribution in [3.8, 4) is 0 Å². The maximum absolute atomic E-state index is 5.20. The summed E-state index contributed by atoms with van der Waals surface area (Å²) >= 11 is 5.20. The standard InChI is InChI=1S/C12H13NS/c1-7-4-10-5-9(3)12(14)13-11(10)6-8(7)2/h4-6H,1-3H3,(H,13,14). The topological polar surface area (TPSA) is 15.8 Å². The molecule has 0 saturated carbocycles. The largest absolute Gasteiger partial charge is 0.346 e. The Morgan fingerprint density at radius 1 is 0.929 bits per heavy atom. The van der Waals surface area contributed by atoms with E-state index >= 15 is 0 Å². The van der Waals surface area contributed by atoms with Crippen molar-refractivity contribution in [1.29, 1.82) is 0 Å². The van der Waals surface area contributed by atoms with Gasteiger partial charge in [0.15, 0.2) is 0 Å². The van der Waals surface area contributed by atoms with Gasteiger partial charge >= 0.3 is 0 Å². The molecular weight excluding hydrogens is 190 g/mol. The van der Waals surface area contributed by atoms with Crippen LogP contribution in [0.2, 0.25) is 0 Å². The number of aryl methyl sites for hydroxylation is 3. The van der Waals surface area contributed by atoms with Gasteiger partial charge in [0.05, 0.1) is 0 Å². The van der Waals surface area contributed by atoms with Crippen molar-refractivity contribution < 1.29 is 0 Å². The smallest absolute Gasteiger partial charge is 0.106 e. The van der Waals surface area contributed by atoms with E-state index in [1.807, 2.05) is 6.92 Å².